The number of urea groups is 1. The predicted octanol–water partition coefficient (Wildman–Crippen LogP) is 1.41. The van der Waals surface area contributed by atoms with Crippen LogP contribution in [-0.4, -0.2) is 24.2 Å². The summed E-state index contributed by atoms with van der Waals surface area (Å²) in [5.41, 5.74) is 0.497. The summed E-state index contributed by atoms with van der Waals surface area (Å²) in [5, 5.41) is 13.1. The third-order valence-corrected chi connectivity index (χ3v) is 1.80. The molecule has 0 atom stereocenters. The van der Waals surface area contributed by atoms with Crippen LogP contribution < -0.4 is 15.4 Å². The van der Waals surface area contributed by atoms with Gasteiger partial charge in [-0.25, -0.2) is 9.59 Å². The number of rotatable bonds is 4. The van der Waals surface area contributed by atoms with Crippen LogP contribution in [0, 0.1) is 0 Å². The van der Waals surface area contributed by atoms with Crippen LogP contribution in [-0.2, 0) is 4.79 Å². The molecule has 0 spiro atoms. The average Bonchev–Trinajstić information content (AvgIpc) is 2.29. The first-order valence-corrected chi connectivity index (χ1v) is 4.73. The quantitative estimate of drug-likeness (QED) is 0.690. The van der Waals surface area contributed by atoms with Crippen molar-refractivity contribution < 1.29 is 19.4 Å². The van der Waals surface area contributed by atoms with Gasteiger partial charge in [0, 0.05) is 12.3 Å². The van der Waals surface area contributed by atoms with E-state index in [9.17, 15) is 9.59 Å². The number of methoxy groups -OCH3 is 1. The zero-order valence-electron chi connectivity index (χ0n) is 9.14. The van der Waals surface area contributed by atoms with Crippen molar-refractivity contribution in [2.75, 3.05) is 12.4 Å². The van der Waals surface area contributed by atoms with Gasteiger partial charge in [-0.3, -0.25) is 0 Å². The van der Waals surface area contributed by atoms with Crippen molar-refractivity contribution in [2.24, 2.45) is 0 Å². The lowest BCUT2D eigenvalue weighted by molar-refractivity contribution is -0.131. The summed E-state index contributed by atoms with van der Waals surface area (Å²) in [6.07, 6.45) is 1.86. The maximum Gasteiger partial charge on any atom is 0.329 e. The summed E-state index contributed by atoms with van der Waals surface area (Å²) in [6, 6.07) is 6.33. The second-order valence-corrected chi connectivity index (χ2v) is 2.97. The number of carboxylic acids is 1. The Hall–Kier alpha value is -2.50. The molecule has 1 rings (SSSR count). The van der Waals surface area contributed by atoms with Crippen LogP contribution in [0.25, 0.3) is 0 Å². The fourth-order valence-corrected chi connectivity index (χ4v) is 1.09. The van der Waals surface area contributed by atoms with Crippen molar-refractivity contribution in [1.29, 1.82) is 0 Å². The second kappa shape index (κ2) is 6.16. The maximum atomic E-state index is 11.3. The molecule has 2 amide bonds. The number of benzene rings is 1. The van der Waals surface area contributed by atoms with E-state index in [1.807, 2.05) is 0 Å². The number of aliphatic carboxylic acids is 1. The lowest BCUT2D eigenvalue weighted by Crippen LogP contribution is -2.24. The molecule has 0 radical (unpaired) electrons. The zero-order chi connectivity index (χ0) is 12.7. The molecule has 0 heterocycles. The highest BCUT2D eigenvalue weighted by atomic mass is 16.5. The van der Waals surface area contributed by atoms with Gasteiger partial charge >= 0.3 is 12.0 Å². The highest BCUT2D eigenvalue weighted by Gasteiger charge is 2.04. The molecule has 90 valence electrons. The molecule has 0 fully saturated rings. The molecule has 0 bridgehead atoms. The van der Waals surface area contributed by atoms with Crippen molar-refractivity contribution in [3.63, 3.8) is 0 Å². The minimum absolute atomic E-state index is 0.497. The van der Waals surface area contributed by atoms with Gasteiger partial charge in [0.2, 0.25) is 0 Å². The van der Waals surface area contributed by atoms with Gasteiger partial charge < -0.3 is 20.5 Å². The Labute approximate surface area is 97.9 Å². The molecule has 0 saturated heterocycles. The third-order valence-electron chi connectivity index (χ3n) is 1.80. The van der Waals surface area contributed by atoms with Gasteiger partial charge in [-0.05, 0) is 12.1 Å². The number of anilines is 1. The minimum atomic E-state index is -1.14. The van der Waals surface area contributed by atoms with Crippen LogP contribution in [0.15, 0.2) is 36.5 Å². The number of ether oxygens (including phenoxy) is 1. The number of carbonyl (C=O) groups is 2. The SMILES string of the molecule is COc1ccccc1NC(=O)N/C=C/C(=O)O. The van der Waals surface area contributed by atoms with Gasteiger partial charge in [-0.1, -0.05) is 12.1 Å². The van der Waals surface area contributed by atoms with Crippen LogP contribution in [0.1, 0.15) is 0 Å². The summed E-state index contributed by atoms with van der Waals surface area (Å²) in [7, 11) is 1.49. The predicted molar refractivity (Wildman–Crippen MR) is 61.9 cm³/mol. The number of carboxylic acid groups (broad SMARTS) is 1. The van der Waals surface area contributed by atoms with Crippen molar-refractivity contribution in [3.05, 3.63) is 36.5 Å². The molecular formula is C11H12N2O4. The zero-order valence-corrected chi connectivity index (χ0v) is 9.14. The van der Waals surface area contributed by atoms with E-state index in [1.165, 1.54) is 7.11 Å². The first-order chi connectivity index (χ1) is 8.13. The Morgan fingerprint density at radius 1 is 1.35 bits per heavy atom. The van der Waals surface area contributed by atoms with Gasteiger partial charge in [0.1, 0.15) is 5.75 Å². The van der Waals surface area contributed by atoms with E-state index < -0.39 is 12.0 Å². The number of hydrogen-bond donors (Lipinski definition) is 3. The van der Waals surface area contributed by atoms with Gasteiger partial charge in [0.25, 0.3) is 0 Å². The van der Waals surface area contributed by atoms with Crippen molar-refractivity contribution in [2.45, 2.75) is 0 Å². The second-order valence-electron chi connectivity index (χ2n) is 2.97. The van der Waals surface area contributed by atoms with Crippen LogP contribution in [0.2, 0.25) is 0 Å². The van der Waals surface area contributed by atoms with E-state index in [0.29, 0.717) is 11.4 Å². The smallest absolute Gasteiger partial charge is 0.329 e. The summed E-state index contributed by atoms with van der Waals surface area (Å²) in [6.45, 7) is 0. The van der Waals surface area contributed by atoms with E-state index in [4.69, 9.17) is 9.84 Å². The minimum Gasteiger partial charge on any atom is -0.495 e. The number of hydrogen-bond acceptors (Lipinski definition) is 3. The van der Waals surface area contributed by atoms with Crippen molar-refractivity contribution >= 4 is 17.7 Å². The summed E-state index contributed by atoms with van der Waals surface area (Å²) in [5.74, 6) is -0.618. The van der Waals surface area contributed by atoms with Crippen LogP contribution >= 0.6 is 0 Å². The van der Waals surface area contributed by atoms with E-state index in [1.54, 1.807) is 24.3 Å². The van der Waals surface area contributed by atoms with Crippen molar-refractivity contribution in [3.8, 4) is 5.75 Å². The van der Waals surface area contributed by atoms with Crippen molar-refractivity contribution in [1.82, 2.24) is 5.32 Å². The normalized spacial score (nSPS) is 9.94. The fraction of sp³-hybridized carbons (Fsp3) is 0.0909. The first kappa shape index (κ1) is 12.6. The molecule has 6 heteroatoms. The highest BCUT2D eigenvalue weighted by molar-refractivity contribution is 5.92. The summed E-state index contributed by atoms with van der Waals surface area (Å²) >= 11 is 0. The number of amides is 2. The summed E-state index contributed by atoms with van der Waals surface area (Å²) in [4.78, 5) is 21.5. The lowest BCUT2D eigenvalue weighted by Gasteiger charge is -2.08. The Morgan fingerprint density at radius 2 is 2.06 bits per heavy atom. The van der Waals surface area contributed by atoms with E-state index in [-0.39, 0.29) is 0 Å². The van der Waals surface area contributed by atoms with E-state index in [0.717, 1.165) is 12.3 Å². The van der Waals surface area contributed by atoms with Gasteiger partial charge in [-0.2, -0.15) is 0 Å². The summed E-state index contributed by atoms with van der Waals surface area (Å²) < 4.78 is 5.03. The molecule has 6 nitrogen and oxygen atoms in total. The molecule has 0 aliphatic carbocycles. The topological polar surface area (TPSA) is 87.7 Å². The number of carbonyl (C=O) groups excluding carboxylic acids is 1. The molecule has 0 saturated carbocycles. The van der Waals surface area contributed by atoms with Crippen LogP contribution in [0.4, 0.5) is 10.5 Å². The Kier molecular flexibility index (Phi) is 4.56. The lowest BCUT2D eigenvalue weighted by atomic mass is 10.3. The van der Waals surface area contributed by atoms with E-state index >= 15 is 0 Å². The number of para-hydroxylation sites is 2. The largest absolute Gasteiger partial charge is 0.495 e. The van der Waals surface area contributed by atoms with E-state index in [2.05, 4.69) is 10.6 Å². The fourth-order valence-electron chi connectivity index (χ4n) is 1.09. The molecule has 0 aliphatic rings. The van der Waals surface area contributed by atoms with Gasteiger partial charge in [-0.15, -0.1) is 0 Å². The maximum absolute atomic E-state index is 11.3. The Morgan fingerprint density at radius 3 is 2.71 bits per heavy atom. The monoisotopic (exact) mass is 236 g/mol. The van der Waals surface area contributed by atoms with Crippen LogP contribution in [0.3, 0.4) is 0 Å². The molecule has 0 aliphatic heterocycles. The molecular weight excluding hydrogens is 224 g/mol. The van der Waals surface area contributed by atoms with Gasteiger partial charge in [0.15, 0.2) is 0 Å². The Balaban J connectivity index is 2.59. The van der Waals surface area contributed by atoms with Crippen LogP contribution in [0.5, 0.6) is 5.75 Å². The van der Waals surface area contributed by atoms with Gasteiger partial charge in [0.05, 0.1) is 12.8 Å². The molecule has 1 aromatic rings. The Bertz CT molecular complexity index is 443. The first-order valence-electron chi connectivity index (χ1n) is 4.73. The standard InChI is InChI=1S/C11H12N2O4/c1-17-9-5-3-2-4-8(9)13-11(16)12-7-6-10(14)15/h2-7H,1H3,(H,14,15)(H2,12,13,16)/b7-6+. The highest BCUT2D eigenvalue weighted by Crippen LogP contribution is 2.22. The molecule has 3 N–H and O–H groups in total. The molecule has 17 heavy (non-hydrogen) atoms. The molecule has 0 aromatic heterocycles. The third kappa shape index (κ3) is 4.25. The number of nitrogens with one attached hydrogen (secondary N) is 2. The average molecular weight is 236 g/mol. The molecule has 1 aromatic carbocycles. The molecule has 0 unspecified atom stereocenters.